The van der Waals surface area contributed by atoms with Crippen LogP contribution < -0.4 is 0 Å². The Morgan fingerprint density at radius 1 is 1.45 bits per heavy atom. The zero-order valence-electron chi connectivity index (χ0n) is 7.77. The lowest BCUT2D eigenvalue weighted by Gasteiger charge is -2.05. The molecule has 0 aliphatic carbocycles. The predicted molar refractivity (Wildman–Crippen MR) is 52.5 cm³/mol. The molecule has 1 rings (SSSR count). The van der Waals surface area contributed by atoms with Crippen molar-refractivity contribution in [2.24, 2.45) is 0 Å². The third-order valence-corrected chi connectivity index (χ3v) is 3.52. The molecule has 62 valence electrons. The molecule has 0 aliphatic rings. The SMILES string of the molecule is CCC(C)c1sc(C)cc1C. The van der Waals surface area contributed by atoms with Crippen LogP contribution in [0.1, 0.15) is 41.5 Å². The Bertz CT molecular complexity index is 235. The number of aryl methyl sites for hydroxylation is 2. The van der Waals surface area contributed by atoms with Gasteiger partial charge in [0.05, 0.1) is 0 Å². The molecule has 0 bridgehead atoms. The Hall–Kier alpha value is -0.300. The maximum Gasteiger partial charge on any atom is 0.0105 e. The molecule has 1 heteroatoms. The second kappa shape index (κ2) is 3.40. The van der Waals surface area contributed by atoms with E-state index < -0.39 is 0 Å². The second-order valence-electron chi connectivity index (χ2n) is 3.21. The fraction of sp³-hybridized carbons (Fsp3) is 0.600. The lowest BCUT2D eigenvalue weighted by Crippen LogP contribution is -1.88. The van der Waals surface area contributed by atoms with Crippen molar-refractivity contribution in [3.63, 3.8) is 0 Å². The quantitative estimate of drug-likeness (QED) is 0.628. The molecule has 0 aliphatic heterocycles. The fourth-order valence-electron chi connectivity index (χ4n) is 1.33. The van der Waals surface area contributed by atoms with E-state index >= 15 is 0 Å². The summed E-state index contributed by atoms with van der Waals surface area (Å²) in [6.07, 6.45) is 1.25. The molecule has 0 fully saturated rings. The summed E-state index contributed by atoms with van der Waals surface area (Å²) in [7, 11) is 0. The number of thiophene rings is 1. The summed E-state index contributed by atoms with van der Waals surface area (Å²) in [5.41, 5.74) is 1.47. The monoisotopic (exact) mass is 168 g/mol. The summed E-state index contributed by atoms with van der Waals surface area (Å²) < 4.78 is 0. The minimum atomic E-state index is 0.744. The third kappa shape index (κ3) is 1.84. The molecule has 1 aromatic heterocycles. The minimum Gasteiger partial charge on any atom is -0.145 e. The van der Waals surface area contributed by atoms with E-state index in [2.05, 4.69) is 33.8 Å². The Labute approximate surface area is 73.3 Å². The Morgan fingerprint density at radius 2 is 2.09 bits per heavy atom. The van der Waals surface area contributed by atoms with Crippen molar-refractivity contribution in [3.8, 4) is 0 Å². The largest absolute Gasteiger partial charge is 0.145 e. The number of rotatable bonds is 2. The van der Waals surface area contributed by atoms with Crippen molar-refractivity contribution < 1.29 is 0 Å². The number of hydrogen-bond acceptors (Lipinski definition) is 1. The van der Waals surface area contributed by atoms with E-state index in [1.54, 1.807) is 4.88 Å². The van der Waals surface area contributed by atoms with Gasteiger partial charge in [-0.05, 0) is 37.8 Å². The molecule has 0 spiro atoms. The summed E-state index contributed by atoms with van der Waals surface area (Å²) in [4.78, 5) is 3.02. The van der Waals surface area contributed by atoms with Gasteiger partial charge in [0.1, 0.15) is 0 Å². The van der Waals surface area contributed by atoms with E-state index in [0.29, 0.717) is 0 Å². The van der Waals surface area contributed by atoms with E-state index in [-0.39, 0.29) is 0 Å². The van der Waals surface area contributed by atoms with Crippen LogP contribution in [0.2, 0.25) is 0 Å². The van der Waals surface area contributed by atoms with E-state index in [1.807, 2.05) is 11.3 Å². The van der Waals surface area contributed by atoms with E-state index in [0.717, 1.165) is 5.92 Å². The van der Waals surface area contributed by atoms with Gasteiger partial charge in [-0.3, -0.25) is 0 Å². The van der Waals surface area contributed by atoms with Crippen molar-refractivity contribution in [1.82, 2.24) is 0 Å². The van der Waals surface area contributed by atoms with Crippen LogP contribution in [0.15, 0.2) is 6.07 Å². The van der Waals surface area contributed by atoms with Crippen molar-refractivity contribution in [2.75, 3.05) is 0 Å². The highest BCUT2D eigenvalue weighted by atomic mass is 32.1. The summed E-state index contributed by atoms with van der Waals surface area (Å²) >= 11 is 1.95. The van der Waals surface area contributed by atoms with Gasteiger partial charge in [0.25, 0.3) is 0 Å². The molecular weight excluding hydrogens is 152 g/mol. The minimum absolute atomic E-state index is 0.744. The molecule has 0 saturated carbocycles. The van der Waals surface area contributed by atoms with E-state index in [4.69, 9.17) is 0 Å². The van der Waals surface area contributed by atoms with Gasteiger partial charge in [-0.1, -0.05) is 13.8 Å². The smallest absolute Gasteiger partial charge is 0.0105 e. The van der Waals surface area contributed by atoms with Gasteiger partial charge in [0.15, 0.2) is 0 Å². The second-order valence-corrected chi connectivity index (χ2v) is 4.50. The molecule has 0 aromatic carbocycles. The van der Waals surface area contributed by atoms with Crippen molar-refractivity contribution in [2.45, 2.75) is 40.0 Å². The molecule has 1 heterocycles. The van der Waals surface area contributed by atoms with Crippen molar-refractivity contribution >= 4 is 11.3 Å². The van der Waals surface area contributed by atoms with Crippen molar-refractivity contribution in [3.05, 3.63) is 21.4 Å². The molecule has 1 aromatic rings. The lowest BCUT2D eigenvalue weighted by atomic mass is 10.0. The van der Waals surface area contributed by atoms with E-state index in [1.165, 1.54) is 16.9 Å². The van der Waals surface area contributed by atoms with Gasteiger partial charge in [-0.2, -0.15) is 0 Å². The molecule has 0 N–H and O–H groups in total. The standard InChI is InChI=1S/C10H16S/c1-5-7(2)10-8(3)6-9(4)11-10/h6-7H,5H2,1-4H3. The van der Waals surface area contributed by atoms with Crippen LogP contribution >= 0.6 is 11.3 Å². The normalized spacial score (nSPS) is 13.5. The summed E-state index contributed by atoms with van der Waals surface area (Å²) in [5, 5.41) is 0. The molecule has 1 unspecified atom stereocenters. The predicted octanol–water partition coefficient (Wildman–Crippen LogP) is 3.88. The molecule has 11 heavy (non-hydrogen) atoms. The fourth-order valence-corrected chi connectivity index (χ4v) is 2.50. The average Bonchev–Trinajstić information content (AvgIpc) is 2.28. The van der Waals surface area contributed by atoms with Crippen LogP contribution in [0.3, 0.4) is 0 Å². The zero-order valence-corrected chi connectivity index (χ0v) is 8.59. The van der Waals surface area contributed by atoms with E-state index in [9.17, 15) is 0 Å². The first-order valence-electron chi connectivity index (χ1n) is 4.22. The van der Waals surface area contributed by atoms with Gasteiger partial charge in [0, 0.05) is 9.75 Å². The van der Waals surface area contributed by atoms with Gasteiger partial charge < -0.3 is 0 Å². The highest BCUT2D eigenvalue weighted by molar-refractivity contribution is 7.12. The molecule has 0 amide bonds. The Morgan fingerprint density at radius 3 is 2.45 bits per heavy atom. The molecule has 1 atom stereocenters. The van der Waals surface area contributed by atoms with Gasteiger partial charge in [0.2, 0.25) is 0 Å². The van der Waals surface area contributed by atoms with Crippen LogP contribution in [0.25, 0.3) is 0 Å². The first kappa shape index (κ1) is 8.79. The molecule has 0 radical (unpaired) electrons. The molecular formula is C10H16S. The Balaban J connectivity index is 2.93. The summed E-state index contributed by atoms with van der Waals surface area (Å²) in [5.74, 6) is 0.744. The maximum absolute atomic E-state index is 2.30. The topological polar surface area (TPSA) is 0 Å². The van der Waals surface area contributed by atoms with Crippen LogP contribution in [0.4, 0.5) is 0 Å². The molecule has 0 saturated heterocycles. The van der Waals surface area contributed by atoms with Gasteiger partial charge in [-0.15, -0.1) is 11.3 Å². The highest BCUT2D eigenvalue weighted by Crippen LogP contribution is 2.30. The zero-order chi connectivity index (χ0) is 8.43. The maximum atomic E-state index is 2.30. The first-order valence-corrected chi connectivity index (χ1v) is 5.03. The molecule has 0 nitrogen and oxygen atoms in total. The summed E-state index contributed by atoms with van der Waals surface area (Å²) in [6, 6.07) is 2.28. The van der Waals surface area contributed by atoms with Crippen LogP contribution in [-0.4, -0.2) is 0 Å². The highest BCUT2D eigenvalue weighted by Gasteiger charge is 2.08. The number of hydrogen-bond donors (Lipinski definition) is 0. The Kier molecular flexibility index (Phi) is 2.72. The van der Waals surface area contributed by atoms with Crippen LogP contribution in [0.5, 0.6) is 0 Å². The average molecular weight is 168 g/mol. The summed E-state index contributed by atoms with van der Waals surface area (Å²) in [6.45, 7) is 8.95. The van der Waals surface area contributed by atoms with Gasteiger partial charge in [-0.25, -0.2) is 0 Å². The van der Waals surface area contributed by atoms with Crippen molar-refractivity contribution in [1.29, 1.82) is 0 Å². The lowest BCUT2D eigenvalue weighted by molar-refractivity contribution is 0.743. The van der Waals surface area contributed by atoms with Gasteiger partial charge >= 0.3 is 0 Å². The first-order chi connectivity index (χ1) is 5.15. The third-order valence-electron chi connectivity index (χ3n) is 2.14. The van der Waals surface area contributed by atoms with Crippen LogP contribution in [0, 0.1) is 13.8 Å². The van der Waals surface area contributed by atoms with Crippen LogP contribution in [-0.2, 0) is 0 Å².